The monoisotopic (exact) mass is 297 g/mol. The molecule has 0 amide bonds. The Morgan fingerprint density at radius 3 is 2.63 bits per heavy atom. The van der Waals surface area contributed by atoms with Crippen LogP contribution in [0.5, 0.6) is 0 Å². The van der Waals surface area contributed by atoms with Gasteiger partial charge in [-0.3, -0.25) is 4.79 Å². The van der Waals surface area contributed by atoms with E-state index in [4.69, 9.17) is 11.6 Å². The van der Waals surface area contributed by atoms with Crippen molar-refractivity contribution in [3.63, 3.8) is 0 Å². The summed E-state index contributed by atoms with van der Waals surface area (Å²) in [5, 5.41) is 0.308. The second kappa shape index (κ2) is 5.80. The van der Waals surface area contributed by atoms with Gasteiger partial charge in [-0.2, -0.15) is 0 Å². The number of aromatic nitrogens is 1. The summed E-state index contributed by atoms with van der Waals surface area (Å²) in [6.07, 6.45) is 1.93. The summed E-state index contributed by atoms with van der Waals surface area (Å²) < 4.78 is 14.8. The van der Waals surface area contributed by atoms with E-state index >= 15 is 0 Å². The van der Waals surface area contributed by atoms with Crippen molar-refractivity contribution in [2.45, 2.75) is 18.4 Å². The highest BCUT2D eigenvalue weighted by molar-refractivity contribution is 7.98. The number of rotatable bonds is 3. The third-order valence-electron chi connectivity index (χ3n) is 2.87. The van der Waals surface area contributed by atoms with Gasteiger partial charge in [0.1, 0.15) is 5.82 Å². The molecule has 0 spiro atoms. The van der Waals surface area contributed by atoms with E-state index in [1.54, 1.807) is 16.7 Å². The molecule has 0 bridgehead atoms. The first-order chi connectivity index (χ1) is 9.08. The molecule has 2 nitrogen and oxygen atoms in total. The topological polar surface area (TPSA) is 22.0 Å². The largest absolute Gasteiger partial charge is 0.307 e. The minimum atomic E-state index is -0.388. The minimum Gasteiger partial charge on any atom is -0.307 e. The number of hydrogen-bond acceptors (Lipinski definition) is 2. The third-order valence-corrected chi connectivity index (χ3v) is 3.95. The van der Waals surface area contributed by atoms with Crippen molar-refractivity contribution in [1.82, 2.24) is 4.57 Å². The van der Waals surface area contributed by atoms with E-state index in [1.807, 2.05) is 13.2 Å². The maximum Gasteiger partial charge on any atom is 0.251 e. The zero-order valence-corrected chi connectivity index (χ0v) is 12.2. The van der Waals surface area contributed by atoms with Gasteiger partial charge in [-0.05, 0) is 37.4 Å². The van der Waals surface area contributed by atoms with Gasteiger partial charge in [0.25, 0.3) is 5.56 Å². The van der Waals surface area contributed by atoms with E-state index in [9.17, 15) is 9.18 Å². The van der Waals surface area contributed by atoms with Crippen LogP contribution in [0.1, 0.15) is 6.92 Å². The maximum absolute atomic E-state index is 13.1. The number of thioether (sulfide) groups is 1. The first-order valence-corrected chi connectivity index (χ1v) is 7.42. The molecule has 19 heavy (non-hydrogen) atoms. The van der Waals surface area contributed by atoms with Crippen LogP contribution in [0.3, 0.4) is 0 Å². The van der Waals surface area contributed by atoms with Crippen LogP contribution in [0, 0.1) is 5.82 Å². The molecule has 0 unspecified atom stereocenters. The Labute approximate surface area is 120 Å². The first-order valence-electron chi connectivity index (χ1n) is 5.81. The van der Waals surface area contributed by atoms with Gasteiger partial charge in [0.2, 0.25) is 0 Å². The second-order valence-electron chi connectivity index (χ2n) is 3.96. The summed E-state index contributed by atoms with van der Waals surface area (Å²) in [5.74, 6) is -0.388. The first kappa shape index (κ1) is 14.2. The highest BCUT2D eigenvalue weighted by Gasteiger charge is 2.14. The van der Waals surface area contributed by atoms with Crippen molar-refractivity contribution in [3.05, 3.63) is 51.5 Å². The van der Waals surface area contributed by atoms with Crippen molar-refractivity contribution in [1.29, 1.82) is 0 Å². The van der Waals surface area contributed by atoms with Gasteiger partial charge in [0.05, 0.1) is 10.7 Å². The van der Waals surface area contributed by atoms with Gasteiger partial charge in [0, 0.05) is 23.1 Å². The highest BCUT2D eigenvalue weighted by Crippen LogP contribution is 2.34. The lowest BCUT2D eigenvalue weighted by Gasteiger charge is -2.15. The fraction of sp³-hybridized carbons (Fsp3) is 0.214. The van der Waals surface area contributed by atoms with Crippen molar-refractivity contribution in [3.8, 4) is 11.3 Å². The highest BCUT2D eigenvalue weighted by atomic mass is 35.5. The standard InChI is InChI=1S/C14H13ClFNOS/c1-3-17-13(18)7-6-12(19-2)14(17)10-5-4-9(16)8-11(10)15/h4-8H,3H2,1-2H3. The molecule has 5 heteroatoms. The molecule has 0 N–H and O–H groups in total. The molecule has 0 radical (unpaired) electrons. The number of nitrogens with zero attached hydrogens (tertiary/aromatic N) is 1. The fourth-order valence-electron chi connectivity index (χ4n) is 2.00. The molecule has 0 atom stereocenters. The fourth-order valence-corrected chi connectivity index (χ4v) is 2.87. The molecule has 0 saturated carbocycles. The Morgan fingerprint density at radius 2 is 2.05 bits per heavy atom. The van der Waals surface area contributed by atoms with E-state index < -0.39 is 0 Å². The molecule has 0 fully saturated rings. The Hall–Kier alpha value is -1.26. The normalized spacial score (nSPS) is 10.7. The predicted molar refractivity (Wildman–Crippen MR) is 78.6 cm³/mol. The molecule has 2 aromatic rings. The van der Waals surface area contributed by atoms with E-state index in [-0.39, 0.29) is 11.4 Å². The van der Waals surface area contributed by atoms with E-state index in [0.717, 1.165) is 10.6 Å². The van der Waals surface area contributed by atoms with Gasteiger partial charge in [-0.15, -0.1) is 11.8 Å². The average molecular weight is 298 g/mol. The van der Waals surface area contributed by atoms with Crippen LogP contribution in [0.4, 0.5) is 4.39 Å². The van der Waals surface area contributed by atoms with Gasteiger partial charge < -0.3 is 4.57 Å². The summed E-state index contributed by atoms with van der Waals surface area (Å²) in [6, 6.07) is 7.53. The molecule has 0 aliphatic rings. The summed E-state index contributed by atoms with van der Waals surface area (Å²) >= 11 is 7.64. The van der Waals surface area contributed by atoms with Crippen LogP contribution in [0.25, 0.3) is 11.3 Å². The maximum atomic E-state index is 13.1. The van der Waals surface area contributed by atoms with Crippen LogP contribution >= 0.6 is 23.4 Å². The molecule has 0 saturated heterocycles. The summed E-state index contributed by atoms with van der Waals surface area (Å²) in [4.78, 5) is 12.9. The summed E-state index contributed by atoms with van der Waals surface area (Å²) in [6.45, 7) is 2.43. The smallest absolute Gasteiger partial charge is 0.251 e. The summed E-state index contributed by atoms with van der Waals surface area (Å²) in [7, 11) is 0. The van der Waals surface area contributed by atoms with Crippen molar-refractivity contribution >= 4 is 23.4 Å². The van der Waals surface area contributed by atoms with Crippen molar-refractivity contribution in [2.24, 2.45) is 0 Å². The molecule has 0 aliphatic heterocycles. The number of hydrogen-bond donors (Lipinski definition) is 0. The molecule has 1 aromatic carbocycles. The number of pyridine rings is 1. The van der Waals surface area contributed by atoms with E-state index in [1.165, 1.54) is 30.0 Å². The second-order valence-corrected chi connectivity index (χ2v) is 5.21. The number of halogens is 2. The van der Waals surface area contributed by atoms with Crippen LogP contribution in [-0.4, -0.2) is 10.8 Å². The van der Waals surface area contributed by atoms with E-state index in [0.29, 0.717) is 17.1 Å². The average Bonchev–Trinajstić information content (AvgIpc) is 2.38. The van der Waals surface area contributed by atoms with Crippen LogP contribution in [0.2, 0.25) is 5.02 Å². The SMILES string of the molecule is CCn1c(-c2ccc(F)cc2Cl)c(SC)ccc1=O. The van der Waals surface area contributed by atoms with Crippen molar-refractivity contribution < 1.29 is 4.39 Å². The number of benzene rings is 1. The van der Waals surface area contributed by atoms with Gasteiger partial charge in [0.15, 0.2) is 0 Å². The molecular weight excluding hydrogens is 285 g/mol. The Kier molecular flexibility index (Phi) is 4.32. The lowest BCUT2D eigenvalue weighted by Crippen LogP contribution is -2.20. The van der Waals surface area contributed by atoms with Crippen molar-refractivity contribution in [2.75, 3.05) is 6.26 Å². The van der Waals surface area contributed by atoms with E-state index in [2.05, 4.69) is 0 Å². The zero-order chi connectivity index (χ0) is 14.0. The third kappa shape index (κ3) is 2.69. The van der Waals surface area contributed by atoms with Crippen LogP contribution < -0.4 is 5.56 Å². The Morgan fingerprint density at radius 1 is 1.32 bits per heavy atom. The molecular formula is C14H13ClFNOS. The zero-order valence-electron chi connectivity index (χ0n) is 10.6. The van der Waals surface area contributed by atoms with Gasteiger partial charge in [-0.25, -0.2) is 4.39 Å². The Bertz CT molecular complexity index is 669. The lowest BCUT2D eigenvalue weighted by molar-refractivity contribution is 0.628. The lowest BCUT2D eigenvalue weighted by atomic mass is 10.1. The molecule has 1 heterocycles. The van der Waals surface area contributed by atoms with Gasteiger partial charge in [-0.1, -0.05) is 11.6 Å². The Balaban J connectivity index is 2.79. The van der Waals surface area contributed by atoms with Gasteiger partial charge >= 0.3 is 0 Å². The summed E-state index contributed by atoms with van der Waals surface area (Å²) in [5.41, 5.74) is 1.33. The van der Waals surface area contributed by atoms with Crippen LogP contribution in [-0.2, 0) is 6.54 Å². The molecule has 0 aliphatic carbocycles. The quantitative estimate of drug-likeness (QED) is 0.797. The minimum absolute atomic E-state index is 0.0873. The molecule has 1 aromatic heterocycles. The molecule has 100 valence electrons. The predicted octanol–water partition coefficient (Wildman–Crippen LogP) is 4.05. The van der Waals surface area contributed by atoms with Crippen LogP contribution in [0.15, 0.2) is 40.0 Å². The molecule has 2 rings (SSSR count).